The maximum absolute atomic E-state index is 12.9. The zero-order valence-electron chi connectivity index (χ0n) is 16.3. The standard InChI is InChI=1S/C21H21N3O3S2/c1-13-6-7-14(2)18(11-13)28-21-17(5-4-10-23-21)20(25)24-16-9-8-15(3)19(12-16)29(22,26)27/h4-12H,1-3H3,(H,24,25)(H2,22,26,27). The first kappa shape index (κ1) is 21.0. The molecule has 2 aromatic carbocycles. The summed E-state index contributed by atoms with van der Waals surface area (Å²) < 4.78 is 23.5. The number of pyridine rings is 1. The Morgan fingerprint density at radius 2 is 1.76 bits per heavy atom. The average Bonchev–Trinajstić information content (AvgIpc) is 2.65. The van der Waals surface area contributed by atoms with Crippen LogP contribution in [0, 0.1) is 20.8 Å². The molecule has 3 aromatic rings. The van der Waals surface area contributed by atoms with Gasteiger partial charge in [-0.2, -0.15) is 0 Å². The van der Waals surface area contributed by atoms with Gasteiger partial charge in [0.1, 0.15) is 5.03 Å². The molecule has 1 aromatic heterocycles. The molecular formula is C21H21N3O3S2. The highest BCUT2D eigenvalue weighted by molar-refractivity contribution is 7.99. The van der Waals surface area contributed by atoms with Crippen LogP contribution in [-0.4, -0.2) is 19.3 Å². The van der Waals surface area contributed by atoms with Crippen molar-refractivity contribution in [3.63, 3.8) is 0 Å². The zero-order chi connectivity index (χ0) is 21.2. The Labute approximate surface area is 174 Å². The van der Waals surface area contributed by atoms with E-state index >= 15 is 0 Å². The fourth-order valence-electron chi connectivity index (χ4n) is 2.75. The number of sulfonamides is 1. The van der Waals surface area contributed by atoms with Gasteiger partial charge in [-0.3, -0.25) is 4.79 Å². The van der Waals surface area contributed by atoms with Crippen molar-refractivity contribution in [1.82, 2.24) is 4.98 Å². The molecular weight excluding hydrogens is 406 g/mol. The molecule has 6 nitrogen and oxygen atoms in total. The number of primary sulfonamides is 1. The van der Waals surface area contributed by atoms with Gasteiger partial charge in [-0.1, -0.05) is 30.0 Å². The third-order valence-electron chi connectivity index (χ3n) is 4.32. The maximum Gasteiger partial charge on any atom is 0.258 e. The molecule has 29 heavy (non-hydrogen) atoms. The molecule has 0 aliphatic heterocycles. The van der Waals surface area contributed by atoms with Crippen LogP contribution in [0.3, 0.4) is 0 Å². The Morgan fingerprint density at radius 3 is 2.48 bits per heavy atom. The lowest BCUT2D eigenvalue weighted by Gasteiger charge is -2.12. The number of nitrogens with two attached hydrogens (primary N) is 1. The molecule has 8 heteroatoms. The number of hydrogen-bond donors (Lipinski definition) is 2. The van der Waals surface area contributed by atoms with Crippen molar-refractivity contribution in [3.8, 4) is 0 Å². The number of hydrogen-bond acceptors (Lipinski definition) is 5. The number of nitrogens with one attached hydrogen (secondary N) is 1. The van der Waals surface area contributed by atoms with Crippen LogP contribution in [0.15, 0.2) is 69.5 Å². The SMILES string of the molecule is Cc1ccc(C)c(Sc2ncccc2C(=O)Nc2ccc(C)c(S(N)(=O)=O)c2)c1. The number of anilines is 1. The highest BCUT2D eigenvalue weighted by Crippen LogP contribution is 2.32. The number of amides is 1. The monoisotopic (exact) mass is 427 g/mol. The maximum atomic E-state index is 12.9. The summed E-state index contributed by atoms with van der Waals surface area (Å²) in [5.41, 5.74) is 3.47. The molecule has 0 aliphatic rings. The summed E-state index contributed by atoms with van der Waals surface area (Å²) in [5.74, 6) is -0.380. The summed E-state index contributed by atoms with van der Waals surface area (Å²) in [6.45, 7) is 5.66. The molecule has 0 spiro atoms. The molecule has 150 valence electrons. The smallest absolute Gasteiger partial charge is 0.258 e. The van der Waals surface area contributed by atoms with Crippen LogP contribution in [0.2, 0.25) is 0 Å². The second-order valence-electron chi connectivity index (χ2n) is 6.71. The topological polar surface area (TPSA) is 102 Å². The van der Waals surface area contributed by atoms with E-state index in [4.69, 9.17) is 5.14 Å². The first-order chi connectivity index (χ1) is 13.6. The van der Waals surface area contributed by atoms with Crippen LogP contribution in [0.25, 0.3) is 0 Å². The predicted molar refractivity (Wildman–Crippen MR) is 115 cm³/mol. The minimum Gasteiger partial charge on any atom is -0.322 e. The van der Waals surface area contributed by atoms with Crippen molar-refractivity contribution in [2.75, 3.05) is 5.32 Å². The van der Waals surface area contributed by atoms with Crippen LogP contribution < -0.4 is 10.5 Å². The zero-order valence-corrected chi connectivity index (χ0v) is 17.9. The number of rotatable bonds is 5. The van der Waals surface area contributed by atoms with Crippen molar-refractivity contribution >= 4 is 33.4 Å². The number of aryl methyl sites for hydroxylation is 3. The average molecular weight is 428 g/mol. The van der Waals surface area contributed by atoms with Gasteiger partial charge in [0.2, 0.25) is 10.0 Å². The first-order valence-electron chi connectivity index (χ1n) is 8.80. The second kappa shape index (κ2) is 8.36. The van der Waals surface area contributed by atoms with Gasteiger partial charge in [0.15, 0.2) is 0 Å². The van der Waals surface area contributed by atoms with Crippen LogP contribution in [-0.2, 0) is 10.0 Å². The molecule has 0 aliphatic carbocycles. The van der Waals surface area contributed by atoms with E-state index in [-0.39, 0.29) is 10.8 Å². The van der Waals surface area contributed by atoms with Crippen molar-refractivity contribution in [1.29, 1.82) is 0 Å². The molecule has 0 atom stereocenters. The summed E-state index contributed by atoms with van der Waals surface area (Å²) in [5, 5.41) is 8.56. The summed E-state index contributed by atoms with van der Waals surface area (Å²) in [7, 11) is -3.88. The van der Waals surface area contributed by atoms with Gasteiger partial charge in [-0.05, 0) is 67.8 Å². The van der Waals surface area contributed by atoms with E-state index in [1.165, 1.54) is 17.8 Å². The quantitative estimate of drug-likeness (QED) is 0.639. The Morgan fingerprint density at radius 1 is 1.03 bits per heavy atom. The van der Waals surface area contributed by atoms with Gasteiger partial charge in [0.05, 0.1) is 10.5 Å². The highest BCUT2D eigenvalue weighted by Gasteiger charge is 2.17. The fourth-order valence-corrected chi connectivity index (χ4v) is 4.62. The van der Waals surface area contributed by atoms with E-state index < -0.39 is 10.0 Å². The van der Waals surface area contributed by atoms with Crippen LogP contribution in [0.1, 0.15) is 27.0 Å². The van der Waals surface area contributed by atoms with E-state index in [1.807, 2.05) is 26.0 Å². The summed E-state index contributed by atoms with van der Waals surface area (Å²) in [6, 6.07) is 14.1. The fraction of sp³-hybridized carbons (Fsp3) is 0.143. The first-order valence-corrected chi connectivity index (χ1v) is 11.2. The lowest BCUT2D eigenvalue weighted by atomic mass is 10.2. The van der Waals surface area contributed by atoms with Crippen molar-refractivity contribution < 1.29 is 13.2 Å². The van der Waals surface area contributed by atoms with Gasteiger partial charge >= 0.3 is 0 Å². The summed E-state index contributed by atoms with van der Waals surface area (Å²) in [6.07, 6.45) is 1.63. The van der Waals surface area contributed by atoms with E-state index in [1.54, 1.807) is 37.4 Å². The lowest BCUT2D eigenvalue weighted by molar-refractivity contribution is 0.102. The molecule has 0 bridgehead atoms. The molecule has 1 amide bonds. The third kappa shape index (κ3) is 5.03. The summed E-state index contributed by atoms with van der Waals surface area (Å²) >= 11 is 1.42. The van der Waals surface area contributed by atoms with Gasteiger partial charge in [0, 0.05) is 16.8 Å². The van der Waals surface area contributed by atoms with Gasteiger partial charge in [-0.15, -0.1) is 0 Å². The van der Waals surface area contributed by atoms with Crippen molar-refractivity contribution in [2.45, 2.75) is 35.6 Å². The second-order valence-corrected chi connectivity index (χ2v) is 9.27. The molecule has 0 radical (unpaired) electrons. The van der Waals surface area contributed by atoms with E-state index in [0.717, 1.165) is 16.0 Å². The van der Waals surface area contributed by atoms with E-state index in [9.17, 15) is 13.2 Å². The normalized spacial score (nSPS) is 11.3. The van der Waals surface area contributed by atoms with Crippen LogP contribution in [0.4, 0.5) is 5.69 Å². The van der Waals surface area contributed by atoms with Crippen molar-refractivity contribution in [3.05, 3.63) is 77.0 Å². The van der Waals surface area contributed by atoms with E-state index in [2.05, 4.69) is 16.4 Å². The number of carbonyl (C=O) groups excluding carboxylic acids is 1. The predicted octanol–water partition coefficient (Wildman–Crippen LogP) is 4.06. The Bertz CT molecular complexity index is 1190. The largest absolute Gasteiger partial charge is 0.322 e. The highest BCUT2D eigenvalue weighted by atomic mass is 32.2. The Balaban J connectivity index is 1.90. The van der Waals surface area contributed by atoms with Crippen LogP contribution in [0.5, 0.6) is 0 Å². The molecule has 1 heterocycles. The van der Waals surface area contributed by atoms with Crippen molar-refractivity contribution in [2.24, 2.45) is 5.14 Å². The Hall–Kier alpha value is -2.68. The molecule has 0 saturated heterocycles. The molecule has 3 rings (SSSR count). The minimum absolute atomic E-state index is 0.0218. The number of carbonyl (C=O) groups is 1. The number of aromatic nitrogens is 1. The molecule has 0 fully saturated rings. The molecule has 0 saturated carbocycles. The van der Waals surface area contributed by atoms with Gasteiger partial charge < -0.3 is 5.32 Å². The lowest BCUT2D eigenvalue weighted by Crippen LogP contribution is -2.16. The summed E-state index contributed by atoms with van der Waals surface area (Å²) in [4.78, 5) is 18.2. The molecule has 3 N–H and O–H groups in total. The van der Waals surface area contributed by atoms with Gasteiger partial charge in [0.25, 0.3) is 5.91 Å². The van der Waals surface area contributed by atoms with Crippen LogP contribution >= 0.6 is 11.8 Å². The third-order valence-corrected chi connectivity index (χ3v) is 6.55. The minimum atomic E-state index is -3.88. The molecule has 0 unspecified atom stereocenters. The van der Waals surface area contributed by atoms with Gasteiger partial charge in [-0.25, -0.2) is 18.5 Å². The Kier molecular flexibility index (Phi) is 6.07. The number of nitrogens with zero attached hydrogens (tertiary/aromatic N) is 1. The number of benzene rings is 2. The van der Waals surface area contributed by atoms with E-state index in [0.29, 0.717) is 21.8 Å².